The molecule has 4 rings (SSSR count). The van der Waals surface area contributed by atoms with Gasteiger partial charge in [0.25, 0.3) is 5.91 Å². The molecule has 2 aromatic heterocycles. The second kappa shape index (κ2) is 10.8. The average Bonchev–Trinajstić information content (AvgIpc) is 3.28. The van der Waals surface area contributed by atoms with Gasteiger partial charge in [-0.15, -0.1) is 10.2 Å². The number of methoxy groups -OCH3 is 1. The molecule has 2 heterocycles. The van der Waals surface area contributed by atoms with Crippen LogP contribution in [0.15, 0.2) is 83.3 Å². The van der Waals surface area contributed by atoms with E-state index in [1.807, 2.05) is 41.0 Å². The number of carbonyl (C=O) groups excluding carboxylic acids is 1. The van der Waals surface area contributed by atoms with Gasteiger partial charge in [0.2, 0.25) is 0 Å². The van der Waals surface area contributed by atoms with Crippen LogP contribution in [0.25, 0.3) is 17.1 Å². The molecule has 0 aliphatic heterocycles. The summed E-state index contributed by atoms with van der Waals surface area (Å²) >= 11 is 7.33. The number of hydrogen-bond acceptors (Lipinski definition) is 7. The van der Waals surface area contributed by atoms with E-state index in [-0.39, 0.29) is 11.7 Å². The van der Waals surface area contributed by atoms with Gasteiger partial charge in [-0.3, -0.25) is 14.3 Å². The molecule has 0 saturated carbocycles. The van der Waals surface area contributed by atoms with Crippen LogP contribution in [-0.4, -0.2) is 44.7 Å². The van der Waals surface area contributed by atoms with Gasteiger partial charge in [0.1, 0.15) is 5.75 Å². The Labute approximate surface area is 199 Å². The topological polar surface area (TPSA) is 94.3 Å². The van der Waals surface area contributed by atoms with Crippen LogP contribution in [0.2, 0.25) is 5.02 Å². The smallest absolute Gasteiger partial charge is 0.250 e. The third-order valence-electron chi connectivity index (χ3n) is 4.51. The maximum atomic E-state index is 12.3. The molecule has 0 unspecified atom stereocenters. The van der Waals surface area contributed by atoms with Crippen LogP contribution in [0, 0.1) is 0 Å². The highest BCUT2D eigenvalue weighted by Crippen LogP contribution is 2.29. The molecule has 0 bridgehead atoms. The number of rotatable bonds is 8. The van der Waals surface area contributed by atoms with Gasteiger partial charge >= 0.3 is 0 Å². The minimum atomic E-state index is -0.262. The van der Waals surface area contributed by atoms with Crippen LogP contribution in [0.3, 0.4) is 0 Å². The molecule has 166 valence electrons. The second-order valence-corrected chi connectivity index (χ2v) is 8.09. The van der Waals surface area contributed by atoms with Gasteiger partial charge in [0.15, 0.2) is 11.0 Å². The SMILES string of the molecule is COc1ccc(-c2nnc(SCC(=O)N/N=C/c3ccncc3)n2-c2ccc(Cl)cc2)cc1. The van der Waals surface area contributed by atoms with Crippen molar-refractivity contribution in [2.24, 2.45) is 5.10 Å². The highest BCUT2D eigenvalue weighted by Gasteiger charge is 2.17. The van der Waals surface area contributed by atoms with Crippen molar-refractivity contribution < 1.29 is 9.53 Å². The third-order valence-corrected chi connectivity index (χ3v) is 5.69. The monoisotopic (exact) mass is 478 g/mol. The molecule has 10 heteroatoms. The Bertz CT molecular complexity index is 1240. The Morgan fingerprint density at radius 1 is 1.09 bits per heavy atom. The number of hydrazone groups is 1. The van der Waals surface area contributed by atoms with Gasteiger partial charge in [0.05, 0.1) is 19.1 Å². The molecule has 0 atom stereocenters. The molecule has 0 aliphatic rings. The first kappa shape index (κ1) is 22.5. The molecule has 0 spiro atoms. The molecule has 8 nitrogen and oxygen atoms in total. The van der Waals surface area contributed by atoms with Crippen LogP contribution in [0.4, 0.5) is 0 Å². The number of thioether (sulfide) groups is 1. The molecule has 1 N–H and O–H groups in total. The highest BCUT2D eigenvalue weighted by atomic mass is 35.5. The van der Waals surface area contributed by atoms with Crippen molar-refractivity contribution in [1.29, 1.82) is 0 Å². The summed E-state index contributed by atoms with van der Waals surface area (Å²) in [6, 6.07) is 18.5. The lowest BCUT2D eigenvalue weighted by molar-refractivity contribution is -0.118. The van der Waals surface area contributed by atoms with E-state index < -0.39 is 0 Å². The van der Waals surface area contributed by atoms with Crippen molar-refractivity contribution in [2.75, 3.05) is 12.9 Å². The van der Waals surface area contributed by atoms with E-state index in [1.165, 1.54) is 11.8 Å². The van der Waals surface area contributed by atoms with E-state index in [4.69, 9.17) is 16.3 Å². The number of nitrogens with one attached hydrogen (secondary N) is 1. The van der Waals surface area contributed by atoms with Crippen LogP contribution < -0.4 is 10.2 Å². The van der Waals surface area contributed by atoms with E-state index in [9.17, 15) is 4.79 Å². The summed E-state index contributed by atoms with van der Waals surface area (Å²) in [4.78, 5) is 16.2. The minimum absolute atomic E-state index is 0.113. The van der Waals surface area contributed by atoms with Gasteiger partial charge in [-0.1, -0.05) is 23.4 Å². The zero-order chi connectivity index (χ0) is 23.0. The minimum Gasteiger partial charge on any atom is -0.497 e. The van der Waals surface area contributed by atoms with Gasteiger partial charge < -0.3 is 4.74 Å². The van der Waals surface area contributed by atoms with Crippen molar-refractivity contribution >= 4 is 35.5 Å². The van der Waals surface area contributed by atoms with Gasteiger partial charge in [-0.2, -0.15) is 5.10 Å². The Morgan fingerprint density at radius 2 is 1.82 bits per heavy atom. The Hall–Kier alpha value is -3.69. The molecule has 0 aliphatic carbocycles. The third kappa shape index (κ3) is 5.76. The Morgan fingerprint density at radius 3 is 2.52 bits per heavy atom. The highest BCUT2D eigenvalue weighted by molar-refractivity contribution is 7.99. The lowest BCUT2D eigenvalue weighted by atomic mass is 10.2. The van der Waals surface area contributed by atoms with Crippen molar-refractivity contribution in [3.05, 3.63) is 83.6 Å². The van der Waals surface area contributed by atoms with E-state index in [1.54, 1.807) is 50.0 Å². The van der Waals surface area contributed by atoms with Crippen LogP contribution in [0.1, 0.15) is 5.56 Å². The summed E-state index contributed by atoms with van der Waals surface area (Å²) in [7, 11) is 1.62. The average molecular weight is 479 g/mol. The number of benzene rings is 2. The molecular formula is C23H19ClN6O2S. The van der Waals surface area contributed by atoms with Crippen molar-refractivity contribution in [3.63, 3.8) is 0 Å². The maximum absolute atomic E-state index is 12.3. The number of aromatic nitrogens is 4. The molecule has 1 amide bonds. The molecule has 33 heavy (non-hydrogen) atoms. The number of nitrogens with zero attached hydrogens (tertiary/aromatic N) is 5. The summed E-state index contributed by atoms with van der Waals surface area (Å²) < 4.78 is 7.13. The second-order valence-electron chi connectivity index (χ2n) is 6.71. The fraction of sp³-hybridized carbons (Fsp3) is 0.0870. The van der Waals surface area contributed by atoms with Gasteiger partial charge in [0, 0.05) is 28.7 Å². The summed E-state index contributed by atoms with van der Waals surface area (Å²) in [5.41, 5.74) is 5.04. The van der Waals surface area contributed by atoms with E-state index in [0.717, 1.165) is 22.6 Å². The van der Waals surface area contributed by atoms with Gasteiger partial charge in [-0.05, 0) is 66.2 Å². The summed E-state index contributed by atoms with van der Waals surface area (Å²) in [6.07, 6.45) is 4.87. The lowest BCUT2D eigenvalue weighted by Crippen LogP contribution is -2.20. The fourth-order valence-electron chi connectivity index (χ4n) is 2.90. The number of halogens is 1. The fourth-order valence-corrected chi connectivity index (χ4v) is 3.77. The maximum Gasteiger partial charge on any atom is 0.250 e. The van der Waals surface area contributed by atoms with Crippen LogP contribution in [-0.2, 0) is 4.79 Å². The number of carbonyl (C=O) groups is 1. The molecule has 0 saturated heterocycles. The Kier molecular flexibility index (Phi) is 7.33. The zero-order valence-corrected chi connectivity index (χ0v) is 19.1. The quantitative estimate of drug-likeness (QED) is 0.231. The van der Waals surface area contributed by atoms with E-state index in [0.29, 0.717) is 16.0 Å². The molecule has 0 radical (unpaired) electrons. The predicted octanol–water partition coefficient (Wildman–Crippen LogP) is 4.23. The first-order valence-corrected chi connectivity index (χ1v) is 11.2. The summed E-state index contributed by atoms with van der Waals surface area (Å²) in [5, 5.41) is 13.9. The molecular weight excluding hydrogens is 460 g/mol. The summed E-state index contributed by atoms with van der Waals surface area (Å²) in [5.74, 6) is 1.23. The predicted molar refractivity (Wildman–Crippen MR) is 129 cm³/mol. The first-order chi connectivity index (χ1) is 16.1. The first-order valence-electron chi connectivity index (χ1n) is 9.84. The largest absolute Gasteiger partial charge is 0.497 e. The molecule has 4 aromatic rings. The number of amides is 1. The number of pyridine rings is 1. The van der Waals surface area contributed by atoms with Crippen molar-refractivity contribution in [2.45, 2.75) is 5.16 Å². The van der Waals surface area contributed by atoms with Crippen LogP contribution in [0.5, 0.6) is 5.75 Å². The standard InChI is InChI=1S/C23H19ClN6O2S/c1-32-20-8-2-17(3-9-20)22-28-29-23(30(22)19-6-4-18(24)5-7-19)33-15-21(31)27-26-14-16-10-12-25-13-11-16/h2-14H,15H2,1H3,(H,27,31)/b26-14+. The molecule has 0 fully saturated rings. The number of hydrogen-bond donors (Lipinski definition) is 1. The van der Waals surface area contributed by atoms with Gasteiger partial charge in [-0.25, -0.2) is 5.43 Å². The van der Waals surface area contributed by atoms with E-state index >= 15 is 0 Å². The summed E-state index contributed by atoms with van der Waals surface area (Å²) in [6.45, 7) is 0. The van der Waals surface area contributed by atoms with Crippen molar-refractivity contribution in [3.8, 4) is 22.8 Å². The zero-order valence-electron chi connectivity index (χ0n) is 17.6. The number of ether oxygens (including phenoxy) is 1. The Balaban J connectivity index is 1.53. The van der Waals surface area contributed by atoms with Crippen molar-refractivity contribution in [1.82, 2.24) is 25.2 Å². The normalized spacial score (nSPS) is 11.0. The molecule has 2 aromatic carbocycles. The lowest BCUT2D eigenvalue weighted by Gasteiger charge is -2.11. The van der Waals surface area contributed by atoms with E-state index in [2.05, 4.69) is 25.7 Å². The van der Waals surface area contributed by atoms with Crippen LogP contribution >= 0.6 is 23.4 Å².